The summed E-state index contributed by atoms with van der Waals surface area (Å²) in [7, 11) is 1.74. The van der Waals surface area contributed by atoms with E-state index in [1.807, 2.05) is 13.0 Å². The highest BCUT2D eigenvalue weighted by Crippen LogP contribution is 2.16. The molecule has 1 heterocycles. The lowest BCUT2D eigenvalue weighted by molar-refractivity contribution is 0.105. The minimum Gasteiger partial charge on any atom is -0.378 e. The first kappa shape index (κ1) is 16.7. The zero-order valence-corrected chi connectivity index (χ0v) is 13.7. The highest BCUT2D eigenvalue weighted by atomic mass is 19.1. The Morgan fingerprint density at radius 1 is 1.50 bits per heavy atom. The summed E-state index contributed by atoms with van der Waals surface area (Å²) < 4.78 is 19.2. The minimum absolute atomic E-state index is 0.0102. The molecule has 1 fully saturated rings. The van der Waals surface area contributed by atoms with Crippen LogP contribution < -0.4 is 10.6 Å². The Kier molecular flexibility index (Phi) is 6.19. The van der Waals surface area contributed by atoms with Crippen LogP contribution in [0.15, 0.2) is 23.2 Å². The van der Waals surface area contributed by atoms with Crippen molar-refractivity contribution in [3.63, 3.8) is 0 Å². The summed E-state index contributed by atoms with van der Waals surface area (Å²) in [6, 6.07) is 5.31. The first-order chi connectivity index (χ1) is 10.6. The zero-order valence-electron chi connectivity index (χ0n) is 13.7. The van der Waals surface area contributed by atoms with Gasteiger partial charge in [0.15, 0.2) is 5.96 Å². The van der Waals surface area contributed by atoms with E-state index in [0.717, 1.165) is 43.9 Å². The molecule has 2 unspecified atom stereocenters. The summed E-state index contributed by atoms with van der Waals surface area (Å²) in [6.45, 7) is 5.47. The number of aryl methyl sites for hydroxylation is 1. The van der Waals surface area contributed by atoms with Gasteiger partial charge in [0, 0.05) is 20.2 Å². The molecule has 0 saturated carbocycles. The maximum absolute atomic E-state index is 13.6. The summed E-state index contributed by atoms with van der Waals surface area (Å²) in [5.41, 5.74) is 1.57. The monoisotopic (exact) mass is 307 g/mol. The average Bonchev–Trinajstić information content (AvgIpc) is 3.02. The number of aliphatic imine (C=N–C) groups is 1. The molecule has 2 atom stereocenters. The maximum atomic E-state index is 13.6. The van der Waals surface area contributed by atoms with Crippen molar-refractivity contribution < 1.29 is 9.13 Å². The number of ether oxygens (including phenoxy) is 1. The largest absolute Gasteiger partial charge is 0.378 e. The predicted octanol–water partition coefficient (Wildman–Crippen LogP) is 2.93. The van der Waals surface area contributed by atoms with Crippen molar-refractivity contribution in [1.29, 1.82) is 0 Å². The zero-order chi connectivity index (χ0) is 15.9. The average molecular weight is 307 g/mol. The molecule has 1 saturated heterocycles. The lowest BCUT2D eigenvalue weighted by Crippen LogP contribution is -2.39. The van der Waals surface area contributed by atoms with Gasteiger partial charge in [0.1, 0.15) is 5.82 Å². The molecule has 122 valence electrons. The molecule has 1 aromatic rings. The molecule has 0 amide bonds. The van der Waals surface area contributed by atoms with E-state index in [2.05, 4.69) is 15.6 Å². The fourth-order valence-electron chi connectivity index (χ4n) is 2.59. The SMILES string of the molecule is CN=C(NCCC1CCCO1)NC(C)c1ccc(C)c(F)c1. The number of halogens is 1. The van der Waals surface area contributed by atoms with Crippen LogP contribution in [0.4, 0.5) is 4.39 Å². The predicted molar refractivity (Wildman–Crippen MR) is 87.6 cm³/mol. The van der Waals surface area contributed by atoms with Gasteiger partial charge in [-0.3, -0.25) is 4.99 Å². The van der Waals surface area contributed by atoms with Crippen molar-refractivity contribution in [2.24, 2.45) is 4.99 Å². The van der Waals surface area contributed by atoms with E-state index in [0.29, 0.717) is 11.7 Å². The van der Waals surface area contributed by atoms with Crippen molar-refractivity contribution in [2.75, 3.05) is 20.2 Å². The fourth-order valence-corrected chi connectivity index (χ4v) is 2.59. The summed E-state index contributed by atoms with van der Waals surface area (Å²) in [5.74, 6) is 0.555. The molecule has 22 heavy (non-hydrogen) atoms. The second-order valence-corrected chi connectivity index (χ2v) is 5.80. The summed E-state index contributed by atoms with van der Waals surface area (Å²) in [4.78, 5) is 4.22. The van der Waals surface area contributed by atoms with Gasteiger partial charge in [0.2, 0.25) is 0 Å². The van der Waals surface area contributed by atoms with Crippen LogP contribution in [0.5, 0.6) is 0 Å². The van der Waals surface area contributed by atoms with Crippen LogP contribution in [0, 0.1) is 12.7 Å². The second-order valence-electron chi connectivity index (χ2n) is 5.80. The summed E-state index contributed by atoms with van der Waals surface area (Å²) in [5, 5.41) is 6.57. The first-order valence-electron chi connectivity index (χ1n) is 7.95. The van der Waals surface area contributed by atoms with Crippen LogP contribution in [0.25, 0.3) is 0 Å². The van der Waals surface area contributed by atoms with E-state index in [1.54, 1.807) is 26.1 Å². The number of rotatable bonds is 5. The van der Waals surface area contributed by atoms with Crippen LogP contribution >= 0.6 is 0 Å². The maximum Gasteiger partial charge on any atom is 0.191 e. The van der Waals surface area contributed by atoms with Gasteiger partial charge >= 0.3 is 0 Å². The Labute approximate surface area is 132 Å². The van der Waals surface area contributed by atoms with Gasteiger partial charge in [-0.2, -0.15) is 0 Å². The van der Waals surface area contributed by atoms with E-state index >= 15 is 0 Å². The molecule has 0 aliphatic carbocycles. The molecule has 1 aromatic carbocycles. The molecule has 0 radical (unpaired) electrons. The van der Waals surface area contributed by atoms with Gasteiger partial charge in [-0.15, -0.1) is 0 Å². The highest BCUT2D eigenvalue weighted by Gasteiger charge is 2.15. The third-order valence-electron chi connectivity index (χ3n) is 4.06. The first-order valence-corrected chi connectivity index (χ1v) is 7.95. The summed E-state index contributed by atoms with van der Waals surface area (Å²) >= 11 is 0. The fraction of sp³-hybridized carbons (Fsp3) is 0.588. The third-order valence-corrected chi connectivity index (χ3v) is 4.06. The summed E-state index contributed by atoms with van der Waals surface area (Å²) in [6.07, 6.45) is 3.66. The van der Waals surface area contributed by atoms with Crippen molar-refractivity contribution in [3.05, 3.63) is 35.1 Å². The smallest absolute Gasteiger partial charge is 0.191 e. The molecule has 0 aromatic heterocycles. The number of benzene rings is 1. The Hall–Kier alpha value is -1.62. The highest BCUT2D eigenvalue weighted by molar-refractivity contribution is 5.80. The van der Waals surface area contributed by atoms with Gasteiger partial charge in [-0.1, -0.05) is 12.1 Å². The molecule has 1 aliphatic rings. The molecular weight excluding hydrogens is 281 g/mol. The van der Waals surface area contributed by atoms with Gasteiger partial charge in [-0.25, -0.2) is 4.39 Å². The standard InChI is InChI=1S/C17H26FN3O/c1-12-6-7-14(11-16(12)18)13(2)21-17(19-3)20-9-8-15-5-4-10-22-15/h6-7,11,13,15H,4-5,8-10H2,1-3H3,(H2,19,20,21). The normalized spacial score (nSPS) is 20.0. The van der Waals surface area contributed by atoms with Crippen molar-refractivity contribution in [1.82, 2.24) is 10.6 Å². The molecule has 2 N–H and O–H groups in total. The van der Waals surface area contributed by atoms with E-state index < -0.39 is 0 Å². The topological polar surface area (TPSA) is 45.7 Å². The number of nitrogens with zero attached hydrogens (tertiary/aromatic N) is 1. The van der Waals surface area contributed by atoms with Crippen LogP contribution in [-0.4, -0.2) is 32.3 Å². The van der Waals surface area contributed by atoms with Crippen LogP contribution in [0.2, 0.25) is 0 Å². The lowest BCUT2D eigenvalue weighted by atomic mass is 10.1. The van der Waals surface area contributed by atoms with Crippen LogP contribution in [-0.2, 0) is 4.74 Å². The van der Waals surface area contributed by atoms with Crippen molar-refractivity contribution in [3.8, 4) is 0 Å². The van der Waals surface area contributed by atoms with Crippen LogP contribution in [0.3, 0.4) is 0 Å². The molecular formula is C17H26FN3O. The molecule has 5 heteroatoms. The molecule has 0 spiro atoms. The van der Waals surface area contributed by atoms with Gasteiger partial charge < -0.3 is 15.4 Å². The van der Waals surface area contributed by atoms with Gasteiger partial charge in [-0.05, 0) is 50.3 Å². The van der Waals surface area contributed by atoms with Crippen molar-refractivity contribution >= 4 is 5.96 Å². The molecule has 0 bridgehead atoms. The second kappa shape index (κ2) is 8.13. The molecule has 2 rings (SSSR count). The Balaban J connectivity index is 1.82. The van der Waals surface area contributed by atoms with Crippen LogP contribution in [0.1, 0.15) is 43.4 Å². The number of hydrogen-bond donors (Lipinski definition) is 2. The van der Waals surface area contributed by atoms with Gasteiger partial charge in [0.25, 0.3) is 0 Å². The number of hydrogen-bond acceptors (Lipinski definition) is 2. The van der Waals surface area contributed by atoms with E-state index in [1.165, 1.54) is 0 Å². The number of guanidine groups is 1. The quantitative estimate of drug-likeness (QED) is 0.649. The Morgan fingerprint density at radius 3 is 2.95 bits per heavy atom. The number of nitrogens with one attached hydrogen (secondary N) is 2. The minimum atomic E-state index is -0.174. The molecule has 4 nitrogen and oxygen atoms in total. The van der Waals surface area contributed by atoms with E-state index in [9.17, 15) is 4.39 Å². The lowest BCUT2D eigenvalue weighted by Gasteiger charge is -2.19. The van der Waals surface area contributed by atoms with Gasteiger partial charge in [0.05, 0.1) is 12.1 Å². The van der Waals surface area contributed by atoms with E-state index in [-0.39, 0.29) is 11.9 Å². The Morgan fingerprint density at radius 2 is 2.32 bits per heavy atom. The Bertz CT molecular complexity index is 513. The van der Waals surface area contributed by atoms with E-state index in [4.69, 9.17) is 4.74 Å². The molecule has 1 aliphatic heterocycles. The third kappa shape index (κ3) is 4.70. The van der Waals surface area contributed by atoms with Crippen molar-refractivity contribution in [2.45, 2.75) is 45.3 Å².